The Labute approximate surface area is 175 Å². The van der Waals surface area contributed by atoms with Gasteiger partial charge in [0.15, 0.2) is 0 Å². The summed E-state index contributed by atoms with van der Waals surface area (Å²) in [5, 5.41) is 0. The Morgan fingerprint density at radius 3 is 2.66 bits per heavy atom. The molecule has 0 saturated carbocycles. The molecule has 3 amide bonds. The summed E-state index contributed by atoms with van der Waals surface area (Å²) in [6, 6.07) is 8.38. The summed E-state index contributed by atoms with van der Waals surface area (Å²) in [6.45, 7) is 0.277. The molecule has 0 bridgehead atoms. The summed E-state index contributed by atoms with van der Waals surface area (Å²) in [5.41, 5.74) is 4.75. The van der Waals surface area contributed by atoms with E-state index in [-0.39, 0.29) is 24.4 Å². The number of amides is 3. The number of carbonyl (C=O) groups excluding carboxylic acids is 3. The Morgan fingerprint density at radius 1 is 1.21 bits per heavy atom. The minimum absolute atomic E-state index is 0.0813. The number of carbonyl (C=O) groups is 3. The van der Waals surface area contributed by atoms with E-state index in [9.17, 15) is 18.8 Å². The molecule has 29 heavy (non-hydrogen) atoms. The van der Waals surface area contributed by atoms with Crippen LogP contribution in [0.2, 0.25) is 0 Å². The molecule has 1 aliphatic rings. The lowest BCUT2D eigenvalue weighted by Gasteiger charge is -2.14. The molecule has 150 valence electrons. The number of hydrazine groups is 1. The lowest BCUT2D eigenvalue weighted by atomic mass is 10.2. The van der Waals surface area contributed by atoms with Crippen molar-refractivity contribution in [1.29, 1.82) is 0 Å². The van der Waals surface area contributed by atoms with Gasteiger partial charge in [-0.05, 0) is 42.8 Å². The Balaban J connectivity index is 1.43. The van der Waals surface area contributed by atoms with Gasteiger partial charge in [-0.15, -0.1) is 0 Å². The van der Waals surface area contributed by atoms with Gasteiger partial charge in [-0.25, -0.2) is 4.39 Å². The molecule has 0 unspecified atom stereocenters. The van der Waals surface area contributed by atoms with Crippen LogP contribution in [-0.4, -0.2) is 33.5 Å². The predicted octanol–water partition coefficient (Wildman–Crippen LogP) is 2.86. The van der Waals surface area contributed by atoms with E-state index in [4.69, 9.17) is 16.6 Å². The molecule has 0 radical (unpaired) electrons. The smallest absolute Gasteiger partial charge is 0.269 e. The number of benzene rings is 1. The number of thiocarbonyl (C=S) groups is 1. The van der Waals surface area contributed by atoms with E-state index in [1.54, 1.807) is 18.2 Å². The highest BCUT2D eigenvalue weighted by Gasteiger charge is 2.31. The monoisotopic (exact) mass is 433 g/mol. The molecule has 1 saturated heterocycles. The second-order valence-electron chi connectivity index (χ2n) is 5.96. The zero-order valence-electron chi connectivity index (χ0n) is 15.0. The zero-order valence-corrected chi connectivity index (χ0v) is 16.6. The van der Waals surface area contributed by atoms with E-state index >= 15 is 0 Å². The minimum Gasteiger partial charge on any atom is -0.465 e. The van der Waals surface area contributed by atoms with Crippen LogP contribution in [0.4, 0.5) is 4.39 Å². The van der Waals surface area contributed by atoms with Crippen LogP contribution in [0.15, 0.2) is 52.0 Å². The fourth-order valence-electron chi connectivity index (χ4n) is 2.46. The highest BCUT2D eigenvalue weighted by atomic mass is 32.2. The molecule has 7 nitrogen and oxygen atoms in total. The average Bonchev–Trinajstić information content (AvgIpc) is 3.30. The maximum atomic E-state index is 12.9. The number of furan rings is 1. The van der Waals surface area contributed by atoms with Crippen LogP contribution in [0.25, 0.3) is 6.08 Å². The van der Waals surface area contributed by atoms with Crippen LogP contribution in [0, 0.1) is 5.82 Å². The van der Waals surface area contributed by atoms with E-state index in [0.29, 0.717) is 21.4 Å². The van der Waals surface area contributed by atoms with E-state index < -0.39 is 17.6 Å². The molecule has 1 aromatic heterocycles. The van der Waals surface area contributed by atoms with Crippen molar-refractivity contribution in [1.82, 2.24) is 15.8 Å². The van der Waals surface area contributed by atoms with Crippen molar-refractivity contribution >= 4 is 52.1 Å². The number of halogens is 1. The van der Waals surface area contributed by atoms with Crippen molar-refractivity contribution in [2.24, 2.45) is 0 Å². The predicted molar refractivity (Wildman–Crippen MR) is 110 cm³/mol. The van der Waals surface area contributed by atoms with E-state index in [1.165, 1.54) is 35.1 Å². The van der Waals surface area contributed by atoms with Crippen LogP contribution < -0.4 is 10.9 Å². The quantitative estimate of drug-likeness (QED) is 0.414. The molecule has 1 aromatic carbocycles. The van der Waals surface area contributed by atoms with Crippen molar-refractivity contribution in [3.63, 3.8) is 0 Å². The van der Waals surface area contributed by atoms with Gasteiger partial charge in [0.25, 0.3) is 11.8 Å². The largest absolute Gasteiger partial charge is 0.465 e. The van der Waals surface area contributed by atoms with Gasteiger partial charge in [0.1, 0.15) is 15.9 Å². The van der Waals surface area contributed by atoms with Crippen molar-refractivity contribution in [3.05, 3.63) is 64.7 Å². The maximum absolute atomic E-state index is 12.9. The Bertz CT molecular complexity index is 958. The topological polar surface area (TPSA) is 91.7 Å². The van der Waals surface area contributed by atoms with E-state index in [0.717, 1.165) is 12.1 Å². The van der Waals surface area contributed by atoms with Crippen LogP contribution in [0.1, 0.15) is 29.0 Å². The number of rotatable bonds is 6. The molecule has 2 N–H and O–H groups in total. The summed E-state index contributed by atoms with van der Waals surface area (Å²) in [4.78, 5) is 38.1. The molecular formula is C19H16FN3O4S2. The van der Waals surface area contributed by atoms with Gasteiger partial charge in [-0.2, -0.15) is 0 Å². The first-order valence-corrected chi connectivity index (χ1v) is 9.80. The summed E-state index contributed by atoms with van der Waals surface area (Å²) >= 11 is 6.41. The number of hydrogen-bond acceptors (Lipinski definition) is 6. The second kappa shape index (κ2) is 9.48. The molecule has 0 spiro atoms. The molecule has 10 heteroatoms. The van der Waals surface area contributed by atoms with Gasteiger partial charge in [-0.3, -0.25) is 30.1 Å². The highest BCUT2D eigenvalue weighted by molar-refractivity contribution is 8.26. The SMILES string of the molecule is O=C(CCCN1C(=O)/C(=C\c2ccco2)SC1=S)NNC(=O)c1ccc(F)cc1. The van der Waals surface area contributed by atoms with Gasteiger partial charge in [0.05, 0.1) is 11.2 Å². The highest BCUT2D eigenvalue weighted by Crippen LogP contribution is 2.32. The lowest BCUT2D eigenvalue weighted by Crippen LogP contribution is -2.41. The first kappa shape index (κ1) is 20.7. The van der Waals surface area contributed by atoms with Crippen molar-refractivity contribution in [3.8, 4) is 0 Å². The molecule has 2 heterocycles. The zero-order chi connectivity index (χ0) is 20.8. The third-order valence-corrected chi connectivity index (χ3v) is 5.28. The fourth-order valence-corrected chi connectivity index (χ4v) is 3.74. The third kappa shape index (κ3) is 5.52. The summed E-state index contributed by atoms with van der Waals surface area (Å²) in [7, 11) is 0. The average molecular weight is 433 g/mol. The summed E-state index contributed by atoms with van der Waals surface area (Å²) in [5.74, 6) is -1.11. The Hall–Kier alpha value is -2.98. The Kier molecular flexibility index (Phi) is 6.78. The first-order chi connectivity index (χ1) is 13.9. The Morgan fingerprint density at radius 2 is 1.97 bits per heavy atom. The molecule has 0 atom stereocenters. The van der Waals surface area contributed by atoms with Crippen LogP contribution in [0.5, 0.6) is 0 Å². The van der Waals surface area contributed by atoms with Crippen molar-refractivity contribution in [2.75, 3.05) is 6.54 Å². The van der Waals surface area contributed by atoms with Gasteiger partial charge in [-0.1, -0.05) is 24.0 Å². The lowest BCUT2D eigenvalue weighted by molar-refractivity contribution is -0.124. The van der Waals surface area contributed by atoms with Crippen molar-refractivity contribution < 1.29 is 23.2 Å². The van der Waals surface area contributed by atoms with Gasteiger partial charge in [0.2, 0.25) is 5.91 Å². The van der Waals surface area contributed by atoms with Crippen LogP contribution in [-0.2, 0) is 9.59 Å². The minimum atomic E-state index is -0.557. The summed E-state index contributed by atoms with van der Waals surface area (Å²) in [6.07, 6.45) is 3.58. The maximum Gasteiger partial charge on any atom is 0.269 e. The van der Waals surface area contributed by atoms with Gasteiger partial charge in [0, 0.05) is 24.6 Å². The first-order valence-electron chi connectivity index (χ1n) is 8.57. The number of nitrogens with zero attached hydrogens (tertiary/aromatic N) is 1. The van der Waals surface area contributed by atoms with Crippen LogP contribution >= 0.6 is 24.0 Å². The molecular weight excluding hydrogens is 417 g/mol. The number of hydrogen-bond donors (Lipinski definition) is 2. The molecule has 1 aliphatic heterocycles. The molecule has 3 rings (SSSR count). The molecule has 0 aliphatic carbocycles. The fraction of sp³-hybridized carbons (Fsp3) is 0.158. The van der Waals surface area contributed by atoms with E-state index in [1.807, 2.05) is 0 Å². The van der Waals surface area contributed by atoms with Crippen molar-refractivity contribution in [2.45, 2.75) is 12.8 Å². The normalized spacial score (nSPS) is 15.1. The van der Waals surface area contributed by atoms with Gasteiger partial charge >= 0.3 is 0 Å². The van der Waals surface area contributed by atoms with Crippen LogP contribution in [0.3, 0.4) is 0 Å². The molecule has 2 aromatic rings. The third-order valence-electron chi connectivity index (χ3n) is 3.90. The number of thioether (sulfide) groups is 1. The standard InChI is InChI=1S/C19H16FN3O4S2/c20-13-7-5-12(6-8-13)17(25)22-21-16(24)4-1-9-23-18(26)15(29-19(23)28)11-14-3-2-10-27-14/h2-3,5-8,10-11H,1,4,9H2,(H,21,24)(H,22,25)/b15-11+. The van der Waals surface area contributed by atoms with E-state index in [2.05, 4.69) is 10.9 Å². The summed E-state index contributed by atoms with van der Waals surface area (Å²) < 4.78 is 18.5. The molecule has 1 fully saturated rings. The van der Waals surface area contributed by atoms with Gasteiger partial charge < -0.3 is 4.42 Å². The number of nitrogens with one attached hydrogen (secondary N) is 2. The second-order valence-corrected chi connectivity index (χ2v) is 7.64.